The highest BCUT2D eigenvalue weighted by Crippen LogP contribution is 2.23. The average Bonchev–Trinajstić information content (AvgIpc) is 3.04. The summed E-state index contributed by atoms with van der Waals surface area (Å²) in [4.78, 5) is 10.9. The quantitative estimate of drug-likeness (QED) is 0.827. The van der Waals surface area contributed by atoms with Crippen molar-refractivity contribution in [1.29, 1.82) is 0 Å². The fourth-order valence-electron chi connectivity index (χ4n) is 2.76. The van der Waals surface area contributed by atoms with E-state index in [4.69, 9.17) is 9.84 Å². The molecule has 0 bridgehead atoms. The van der Waals surface area contributed by atoms with Crippen LogP contribution in [0.2, 0.25) is 0 Å². The van der Waals surface area contributed by atoms with Crippen LogP contribution in [0.3, 0.4) is 0 Å². The normalized spacial score (nSPS) is 20.4. The van der Waals surface area contributed by atoms with Crippen LogP contribution in [0.4, 0.5) is 0 Å². The van der Waals surface area contributed by atoms with Crippen LogP contribution < -0.4 is 14.6 Å². The van der Waals surface area contributed by atoms with Crippen molar-refractivity contribution in [3.63, 3.8) is 0 Å². The number of carboxylic acid groups (broad SMARTS) is 1. The fraction of sp³-hybridized carbons (Fsp3) is 0.333. The number of aliphatic carboxylic acids is 1. The van der Waals surface area contributed by atoms with Gasteiger partial charge in [-0.3, -0.25) is 4.79 Å². The highest BCUT2D eigenvalue weighted by atomic mass is 16.5. The van der Waals surface area contributed by atoms with Gasteiger partial charge in [-0.25, -0.2) is 4.57 Å². The van der Waals surface area contributed by atoms with Crippen molar-refractivity contribution in [3.05, 3.63) is 48.8 Å². The molecule has 0 radical (unpaired) electrons. The van der Waals surface area contributed by atoms with Gasteiger partial charge in [0.1, 0.15) is 24.4 Å². The summed E-state index contributed by atoms with van der Waals surface area (Å²) in [6.07, 6.45) is 4.53. The third-order valence-electron chi connectivity index (χ3n) is 4.14. The van der Waals surface area contributed by atoms with Crippen LogP contribution in [-0.4, -0.2) is 29.8 Å². The van der Waals surface area contributed by atoms with Gasteiger partial charge in [-0.05, 0) is 30.2 Å². The van der Waals surface area contributed by atoms with E-state index in [0.29, 0.717) is 13.0 Å². The number of hydrogen-bond acceptors (Lipinski definition) is 3. The van der Waals surface area contributed by atoms with Gasteiger partial charge in [-0.2, -0.15) is 0 Å². The van der Waals surface area contributed by atoms with E-state index in [2.05, 4.69) is 41.3 Å². The molecule has 0 aliphatic carbocycles. The third kappa shape index (κ3) is 3.68. The largest absolute Gasteiger partial charge is 0.489 e. The summed E-state index contributed by atoms with van der Waals surface area (Å²) in [6, 6.07) is 11.6. The highest BCUT2D eigenvalue weighted by Gasteiger charge is 2.30. The summed E-state index contributed by atoms with van der Waals surface area (Å²) in [5, 5.41) is 11.9. The van der Waals surface area contributed by atoms with Gasteiger partial charge in [0, 0.05) is 25.1 Å². The van der Waals surface area contributed by atoms with E-state index < -0.39 is 12.0 Å². The Bertz CT molecular complexity index is 668. The van der Waals surface area contributed by atoms with E-state index in [0.717, 1.165) is 23.4 Å². The van der Waals surface area contributed by atoms with Crippen molar-refractivity contribution in [2.45, 2.75) is 32.0 Å². The maximum absolute atomic E-state index is 10.9. The van der Waals surface area contributed by atoms with Gasteiger partial charge in [0.2, 0.25) is 0 Å². The molecule has 2 atom stereocenters. The summed E-state index contributed by atoms with van der Waals surface area (Å²) in [6.45, 7) is 3.63. The van der Waals surface area contributed by atoms with E-state index >= 15 is 0 Å². The SMILES string of the molecule is CC[n+]1ccc(-c2ccc(O[C@@H]3CN[C@H](C(=O)O)C3)cc2)cc1. The van der Waals surface area contributed by atoms with Crippen LogP contribution in [-0.2, 0) is 11.3 Å². The Kier molecular flexibility index (Phi) is 4.57. The molecular formula is C18H21N2O3+. The van der Waals surface area contributed by atoms with Gasteiger partial charge in [0.05, 0.1) is 0 Å². The summed E-state index contributed by atoms with van der Waals surface area (Å²) >= 11 is 0. The number of ether oxygens (including phenoxy) is 1. The predicted molar refractivity (Wildman–Crippen MR) is 86.2 cm³/mol. The van der Waals surface area contributed by atoms with Gasteiger partial charge in [0.15, 0.2) is 12.4 Å². The Balaban J connectivity index is 1.64. The molecule has 0 saturated carbocycles. The van der Waals surface area contributed by atoms with Crippen molar-refractivity contribution in [3.8, 4) is 16.9 Å². The van der Waals surface area contributed by atoms with Crippen LogP contribution in [0.1, 0.15) is 13.3 Å². The lowest BCUT2D eigenvalue weighted by atomic mass is 10.1. The number of nitrogens with zero attached hydrogens (tertiary/aromatic N) is 1. The minimum atomic E-state index is -0.820. The summed E-state index contributed by atoms with van der Waals surface area (Å²) in [5.74, 6) is -0.0500. The molecule has 2 heterocycles. The lowest BCUT2D eigenvalue weighted by molar-refractivity contribution is -0.693. The first-order valence-corrected chi connectivity index (χ1v) is 7.88. The Hall–Kier alpha value is -2.40. The number of rotatable bonds is 5. The Morgan fingerprint density at radius 1 is 1.22 bits per heavy atom. The molecule has 23 heavy (non-hydrogen) atoms. The fourth-order valence-corrected chi connectivity index (χ4v) is 2.76. The van der Waals surface area contributed by atoms with Crippen molar-refractivity contribution in [2.24, 2.45) is 0 Å². The van der Waals surface area contributed by atoms with Crippen LogP contribution >= 0.6 is 0 Å². The van der Waals surface area contributed by atoms with Gasteiger partial charge in [-0.1, -0.05) is 12.1 Å². The van der Waals surface area contributed by atoms with Gasteiger partial charge in [-0.15, -0.1) is 0 Å². The number of pyridine rings is 1. The van der Waals surface area contributed by atoms with E-state index in [-0.39, 0.29) is 6.10 Å². The molecular weight excluding hydrogens is 292 g/mol. The Morgan fingerprint density at radius 2 is 1.87 bits per heavy atom. The zero-order valence-electron chi connectivity index (χ0n) is 13.1. The molecule has 5 nitrogen and oxygen atoms in total. The minimum Gasteiger partial charge on any atom is -0.489 e. The second kappa shape index (κ2) is 6.79. The smallest absolute Gasteiger partial charge is 0.320 e. The summed E-state index contributed by atoms with van der Waals surface area (Å²) in [7, 11) is 0. The van der Waals surface area contributed by atoms with Crippen molar-refractivity contribution in [2.75, 3.05) is 6.54 Å². The number of benzene rings is 1. The molecule has 2 aromatic rings. The number of carboxylic acids is 1. The van der Waals surface area contributed by atoms with Crippen LogP contribution in [0.25, 0.3) is 11.1 Å². The molecule has 0 amide bonds. The molecule has 0 spiro atoms. The molecule has 1 fully saturated rings. The van der Waals surface area contributed by atoms with Gasteiger partial charge < -0.3 is 15.2 Å². The number of aromatic nitrogens is 1. The van der Waals surface area contributed by atoms with Crippen LogP contribution in [0.15, 0.2) is 48.8 Å². The first-order chi connectivity index (χ1) is 11.2. The maximum Gasteiger partial charge on any atom is 0.320 e. The molecule has 120 valence electrons. The summed E-state index contributed by atoms with van der Waals surface area (Å²) in [5.41, 5.74) is 2.29. The Morgan fingerprint density at radius 3 is 2.43 bits per heavy atom. The molecule has 1 saturated heterocycles. The second-order valence-corrected chi connectivity index (χ2v) is 5.72. The molecule has 1 aromatic heterocycles. The van der Waals surface area contributed by atoms with Gasteiger partial charge >= 0.3 is 5.97 Å². The lowest BCUT2D eigenvalue weighted by Gasteiger charge is -2.13. The average molecular weight is 313 g/mol. The number of aryl methyl sites for hydroxylation is 1. The van der Waals surface area contributed by atoms with E-state index in [1.54, 1.807) is 0 Å². The second-order valence-electron chi connectivity index (χ2n) is 5.72. The zero-order valence-corrected chi connectivity index (χ0v) is 13.1. The van der Waals surface area contributed by atoms with Crippen LogP contribution in [0.5, 0.6) is 5.75 Å². The highest BCUT2D eigenvalue weighted by molar-refractivity contribution is 5.74. The van der Waals surface area contributed by atoms with Gasteiger partial charge in [0.25, 0.3) is 0 Å². The van der Waals surface area contributed by atoms with E-state index in [1.807, 2.05) is 24.3 Å². The molecule has 1 aromatic carbocycles. The lowest BCUT2D eigenvalue weighted by Crippen LogP contribution is -2.30. The topological polar surface area (TPSA) is 62.4 Å². The third-order valence-corrected chi connectivity index (χ3v) is 4.14. The first-order valence-electron chi connectivity index (χ1n) is 7.88. The molecule has 5 heteroatoms. The monoisotopic (exact) mass is 313 g/mol. The van der Waals surface area contributed by atoms with Crippen molar-refractivity contribution < 1.29 is 19.2 Å². The predicted octanol–water partition coefficient (Wildman–Crippen LogP) is 1.85. The maximum atomic E-state index is 10.9. The van der Waals surface area contributed by atoms with Crippen LogP contribution in [0, 0.1) is 0 Å². The Labute approximate surface area is 135 Å². The number of hydrogen-bond donors (Lipinski definition) is 2. The first kappa shape index (κ1) is 15.5. The molecule has 1 aliphatic heterocycles. The number of carbonyl (C=O) groups is 1. The van der Waals surface area contributed by atoms with E-state index in [1.165, 1.54) is 0 Å². The van der Waals surface area contributed by atoms with E-state index in [9.17, 15) is 4.79 Å². The van der Waals surface area contributed by atoms with Crippen molar-refractivity contribution in [1.82, 2.24) is 5.32 Å². The zero-order chi connectivity index (χ0) is 16.2. The minimum absolute atomic E-state index is 0.0952. The molecule has 0 unspecified atom stereocenters. The molecule has 2 N–H and O–H groups in total. The number of nitrogens with one attached hydrogen (secondary N) is 1. The standard InChI is InChI=1S/C18H20N2O3/c1-2-20-9-7-14(8-10-20)13-3-5-15(6-4-13)23-16-11-17(18(21)22)19-12-16/h3-10,16-17,19H,2,11-12H2,1H3/p+1/t16-,17-/m0/s1. The van der Waals surface area contributed by atoms with Crippen molar-refractivity contribution >= 4 is 5.97 Å². The molecule has 3 rings (SSSR count). The summed E-state index contributed by atoms with van der Waals surface area (Å²) < 4.78 is 7.97. The molecule has 1 aliphatic rings.